The summed E-state index contributed by atoms with van der Waals surface area (Å²) in [6.45, 7) is 3.49. The van der Waals surface area contributed by atoms with E-state index in [2.05, 4.69) is 15.0 Å². The second-order valence-corrected chi connectivity index (χ2v) is 6.08. The van der Waals surface area contributed by atoms with Gasteiger partial charge >= 0.3 is 12.4 Å². The van der Waals surface area contributed by atoms with E-state index in [0.29, 0.717) is 12.1 Å². The van der Waals surface area contributed by atoms with Crippen molar-refractivity contribution in [2.45, 2.75) is 31.8 Å². The summed E-state index contributed by atoms with van der Waals surface area (Å²) < 4.78 is 41.3. The molecule has 8 heteroatoms. The minimum absolute atomic E-state index is 0.00196. The number of nitrogens with one attached hydrogen (secondary N) is 1. The number of alkyl halides is 3. The summed E-state index contributed by atoms with van der Waals surface area (Å²) in [5.74, 6) is -0.284. The molecular weight excluding hydrogens is 323 g/mol. The standard InChI is InChI=1S/C16H20F3N3O2/c17-16(18,19)24-14-4-2-1-3-12(14)11-20-15(23)22-10-9-21-7-5-13(22)6-8-21/h1-4,13H,5-11H2,(H,20,23). The van der Waals surface area contributed by atoms with Gasteiger partial charge in [0.1, 0.15) is 5.75 Å². The van der Waals surface area contributed by atoms with Gasteiger partial charge in [0.2, 0.25) is 0 Å². The Labute approximate surface area is 138 Å². The van der Waals surface area contributed by atoms with Crippen molar-refractivity contribution < 1.29 is 22.7 Å². The molecule has 24 heavy (non-hydrogen) atoms. The first kappa shape index (κ1) is 16.9. The lowest BCUT2D eigenvalue weighted by Gasteiger charge is -2.31. The van der Waals surface area contributed by atoms with Crippen molar-refractivity contribution in [1.29, 1.82) is 0 Å². The van der Waals surface area contributed by atoms with Gasteiger partial charge in [-0.15, -0.1) is 13.2 Å². The van der Waals surface area contributed by atoms with E-state index in [9.17, 15) is 18.0 Å². The van der Waals surface area contributed by atoms with Crippen molar-refractivity contribution in [3.8, 4) is 5.75 Å². The van der Waals surface area contributed by atoms with Crippen molar-refractivity contribution in [2.24, 2.45) is 0 Å². The van der Waals surface area contributed by atoms with Gasteiger partial charge in [-0.2, -0.15) is 0 Å². The van der Waals surface area contributed by atoms with Crippen molar-refractivity contribution in [2.75, 3.05) is 26.2 Å². The van der Waals surface area contributed by atoms with Crippen molar-refractivity contribution in [1.82, 2.24) is 15.1 Å². The number of benzene rings is 1. The molecule has 5 nitrogen and oxygen atoms in total. The zero-order valence-electron chi connectivity index (χ0n) is 13.2. The quantitative estimate of drug-likeness (QED) is 0.917. The molecule has 0 radical (unpaired) electrons. The largest absolute Gasteiger partial charge is 0.573 e. The van der Waals surface area contributed by atoms with Crippen LogP contribution in [0.15, 0.2) is 24.3 Å². The fourth-order valence-electron chi connectivity index (χ4n) is 3.30. The van der Waals surface area contributed by atoms with Crippen LogP contribution in [0, 0.1) is 0 Å². The Kier molecular flexibility index (Phi) is 4.84. The second-order valence-electron chi connectivity index (χ2n) is 6.08. The van der Waals surface area contributed by atoms with E-state index in [1.54, 1.807) is 11.0 Å². The molecule has 4 rings (SSSR count). The van der Waals surface area contributed by atoms with Gasteiger partial charge in [0.25, 0.3) is 0 Å². The third-order valence-electron chi connectivity index (χ3n) is 4.54. The fourth-order valence-corrected chi connectivity index (χ4v) is 3.30. The molecule has 2 bridgehead atoms. The zero-order valence-corrected chi connectivity index (χ0v) is 13.2. The summed E-state index contributed by atoms with van der Waals surface area (Å²) in [6, 6.07) is 5.83. The summed E-state index contributed by atoms with van der Waals surface area (Å²) >= 11 is 0. The maximum atomic E-state index is 12.4. The molecule has 2 amide bonds. The summed E-state index contributed by atoms with van der Waals surface area (Å²) in [5.41, 5.74) is 0.297. The van der Waals surface area contributed by atoms with Gasteiger partial charge in [-0.25, -0.2) is 4.79 Å². The predicted molar refractivity (Wildman–Crippen MR) is 81.5 cm³/mol. The Morgan fingerprint density at radius 2 is 1.88 bits per heavy atom. The number of hydrogen-bond donors (Lipinski definition) is 1. The first-order chi connectivity index (χ1) is 11.4. The first-order valence-electron chi connectivity index (χ1n) is 8.03. The van der Waals surface area contributed by atoms with Gasteiger partial charge in [-0.05, 0) is 18.9 Å². The lowest BCUT2D eigenvalue weighted by molar-refractivity contribution is -0.274. The molecule has 0 saturated carbocycles. The first-order valence-corrected chi connectivity index (χ1v) is 8.03. The molecule has 1 aromatic carbocycles. The van der Waals surface area contributed by atoms with Crippen LogP contribution in [-0.4, -0.2) is 54.4 Å². The Balaban J connectivity index is 1.62. The molecule has 3 fully saturated rings. The van der Waals surface area contributed by atoms with Crippen LogP contribution in [0.1, 0.15) is 18.4 Å². The number of para-hydroxylation sites is 1. The summed E-state index contributed by atoms with van der Waals surface area (Å²) in [4.78, 5) is 16.6. The average molecular weight is 343 g/mol. The Morgan fingerprint density at radius 3 is 2.58 bits per heavy atom. The van der Waals surface area contributed by atoms with Crippen molar-refractivity contribution in [3.05, 3.63) is 29.8 Å². The van der Waals surface area contributed by atoms with Gasteiger partial charge in [0, 0.05) is 44.3 Å². The minimum atomic E-state index is -4.75. The molecule has 3 aliphatic heterocycles. The molecular formula is C16H20F3N3O2. The molecule has 1 N–H and O–H groups in total. The van der Waals surface area contributed by atoms with E-state index < -0.39 is 6.36 Å². The third kappa shape index (κ3) is 4.11. The molecule has 132 valence electrons. The van der Waals surface area contributed by atoms with Crippen LogP contribution in [-0.2, 0) is 6.54 Å². The Hall–Kier alpha value is -1.96. The summed E-state index contributed by atoms with van der Waals surface area (Å²) in [6.07, 6.45) is -2.86. The van der Waals surface area contributed by atoms with E-state index in [4.69, 9.17) is 0 Å². The number of rotatable bonds is 3. The van der Waals surface area contributed by atoms with Crippen LogP contribution < -0.4 is 10.1 Å². The van der Waals surface area contributed by atoms with Crippen LogP contribution in [0.3, 0.4) is 0 Å². The van der Waals surface area contributed by atoms with Crippen LogP contribution in [0.2, 0.25) is 0 Å². The van der Waals surface area contributed by atoms with Gasteiger partial charge in [0.05, 0.1) is 0 Å². The molecule has 3 saturated heterocycles. The molecule has 0 spiro atoms. The van der Waals surface area contributed by atoms with Crippen LogP contribution in [0.25, 0.3) is 0 Å². The highest BCUT2D eigenvalue weighted by molar-refractivity contribution is 5.74. The molecule has 3 heterocycles. The fraction of sp³-hybridized carbons (Fsp3) is 0.562. The van der Waals surface area contributed by atoms with Crippen LogP contribution >= 0.6 is 0 Å². The van der Waals surface area contributed by atoms with Crippen molar-refractivity contribution >= 4 is 6.03 Å². The number of piperidine rings is 1. The van der Waals surface area contributed by atoms with E-state index >= 15 is 0 Å². The lowest BCUT2D eigenvalue weighted by atomic mass is 10.1. The lowest BCUT2D eigenvalue weighted by Crippen LogP contribution is -2.46. The Morgan fingerprint density at radius 1 is 1.17 bits per heavy atom. The highest BCUT2D eigenvalue weighted by Gasteiger charge is 2.33. The topological polar surface area (TPSA) is 44.8 Å². The predicted octanol–water partition coefficient (Wildman–Crippen LogP) is 2.57. The van der Waals surface area contributed by atoms with Gasteiger partial charge in [0.15, 0.2) is 0 Å². The number of nitrogens with zero attached hydrogens (tertiary/aromatic N) is 2. The van der Waals surface area contributed by atoms with E-state index in [-0.39, 0.29) is 24.4 Å². The highest BCUT2D eigenvalue weighted by atomic mass is 19.4. The number of urea groups is 1. The van der Waals surface area contributed by atoms with E-state index in [1.807, 2.05) is 0 Å². The highest BCUT2D eigenvalue weighted by Crippen LogP contribution is 2.26. The normalized spacial score (nSPS) is 23.7. The average Bonchev–Trinajstić information content (AvgIpc) is 2.86. The summed E-state index contributed by atoms with van der Waals surface area (Å²) in [5, 5.41) is 2.73. The smallest absolute Gasteiger partial charge is 0.405 e. The Bertz CT molecular complexity index is 586. The maximum Gasteiger partial charge on any atom is 0.573 e. The molecule has 1 aromatic rings. The van der Waals surface area contributed by atoms with Crippen molar-refractivity contribution in [3.63, 3.8) is 0 Å². The molecule has 0 unspecified atom stereocenters. The number of fused-ring (bicyclic) bond motifs is 4. The molecule has 0 atom stereocenters. The molecule has 0 aromatic heterocycles. The SMILES string of the molecule is O=C(NCc1ccccc1OC(F)(F)F)N1CCN2CCC1CC2. The number of hydrogen-bond acceptors (Lipinski definition) is 3. The minimum Gasteiger partial charge on any atom is -0.405 e. The summed E-state index contributed by atoms with van der Waals surface area (Å²) in [7, 11) is 0. The van der Waals surface area contributed by atoms with Crippen LogP contribution in [0.5, 0.6) is 5.75 Å². The molecule has 3 aliphatic rings. The number of halogens is 3. The van der Waals surface area contributed by atoms with E-state index in [0.717, 1.165) is 32.5 Å². The number of ether oxygens (including phenoxy) is 1. The van der Waals surface area contributed by atoms with Gasteiger partial charge in [-0.3, -0.25) is 0 Å². The van der Waals surface area contributed by atoms with E-state index in [1.165, 1.54) is 18.2 Å². The maximum absolute atomic E-state index is 12.4. The third-order valence-corrected chi connectivity index (χ3v) is 4.54. The number of amides is 2. The zero-order chi connectivity index (χ0) is 17.2. The monoisotopic (exact) mass is 343 g/mol. The van der Waals surface area contributed by atoms with Crippen LogP contribution in [0.4, 0.5) is 18.0 Å². The molecule has 0 aliphatic carbocycles. The van der Waals surface area contributed by atoms with Gasteiger partial charge < -0.3 is 19.9 Å². The number of carbonyl (C=O) groups is 1. The second kappa shape index (κ2) is 6.88. The van der Waals surface area contributed by atoms with Gasteiger partial charge in [-0.1, -0.05) is 18.2 Å². The number of carbonyl (C=O) groups excluding carboxylic acids is 1.